The highest BCUT2D eigenvalue weighted by molar-refractivity contribution is 9.10. The van der Waals surface area contributed by atoms with Crippen molar-refractivity contribution in [1.82, 2.24) is 4.72 Å². The predicted octanol–water partition coefficient (Wildman–Crippen LogP) is 2.32. The maximum atomic E-state index is 12.2. The molecule has 0 bridgehead atoms. The van der Waals surface area contributed by atoms with Crippen molar-refractivity contribution in [3.63, 3.8) is 0 Å². The van der Waals surface area contributed by atoms with Crippen LogP contribution in [0.4, 0.5) is 0 Å². The molecule has 5 nitrogen and oxygen atoms in total. The standard InChI is InChI=1S/C13H14BrNO4S/c1-9-13(6-11(8-16)19-9)20(17,18)15-7-10-4-2-3-5-12(10)14/h2-6,15-16H,7-8H2,1H3. The molecule has 2 aromatic rings. The van der Waals surface area contributed by atoms with Crippen LogP contribution in [0.2, 0.25) is 0 Å². The van der Waals surface area contributed by atoms with E-state index in [1.807, 2.05) is 24.3 Å². The number of halogens is 1. The summed E-state index contributed by atoms with van der Waals surface area (Å²) in [6.45, 7) is 1.38. The second-order valence-corrected chi connectivity index (χ2v) is 6.80. The van der Waals surface area contributed by atoms with Crippen molar-refractivity contribution in [3.8, 4) is 0 Å². The molecule has 0 aliphatic rings. The van der Waals surface area contributed by atoms with Gasteiger partial charge in [0.15, 0.2) is 0 Å². The van der Waals surface area contributed by atoms with Crippen molar-refractivity contribution in [2.45, 2.75) is 25.0 Å². The van der Waals surface area contributed by atoms with Crippen LogP contribution in [-0.4, -0.2) is 13.5 Å². The third kappa shape index (κ3) is 3.29. The van der Waals surface area contributed by atoms with Crippen molar-refractivity contribution < 1.29 is 17.9 Å². The van der Waals surface area contributed by atoms with Gasteiger partial charge < -0.3 is 9.52 Å². The summed E-state index contributed by atoms with van der Waals surface area (Å²) >= 11 is 3.36. The van der Waals surface area contributed by atoms with E-state index in [1.165, 1.54) is 6.07 Å². The van der Waals surface area contributed by atoms with E-state index in [9.17, 15) is 8.42 Å². The summed E-state index contributed by atoms with van der Waals surface area (Å²) in [5.41, 5.74) is 0.833. The van der Waals surface area contributed by atoms with Crippen molar-refractivity contribution in [2.75, 3.05) is 0 Å². The van der Waals surface area contributed by atoms with Gasteiger partial charge in [0.25, 0.3) is 0 Å². The van der Waals surface area contributed by atoms with Gasteiger partial charge in [-0.2, -0.15) is 0 Å². The summed E-state index contributed by atoms with van der Waals surface area (Å²) in [5, 5.41) is 8.97. The molecular weight excluding hydrogens is 346 g/mol. The summed E-state index contributed by atoms with van der Waals surface area (Å²) < 4.78 is 32.9. The molecule has 0 atom stereocenters. The third-order valence-electron chi connectivity index (χ3n) is 2.78. The Morgan fingerprint density at radius 1 is 1.35 bits per heavy atom. The molecule has 2 rings (SSSR count). The van der Waals surface area contributed by atoms with E-state index in [0.29, 0.717) is 0 Å². The van der Waals surface area contributed by atoms with Crippen molar-refractivity contribution in [1.29, 1.82) is 0 Å². The Labute approximate surface area is 125 Å². The van der Waals surface area contributed by atoms with E-state index in [2.05, 4.69) is 20.7 Å². The highest BCUT2D eigenvalue weighted by atomic mass is 79.9. The molecule has 0 saturated carbocycles. The smallest absolute Gasteiger partial charge is 0.244 e. The lowest BCUT2D eigenvalue weighted by Gasteiger charge is -2.07. The Bertz CT molecular complexity index is 709. The lowest BCUT2D eigenvalue weighted by molar-refractivity contribution is 0.244. The average Bonchev–Trinajstić information content (AvgIpc) is 2.80. The maximum absolute atomic E-state index is 12.2. The van der Waals surface area contributed by atoms with Gasteiger partial charge in [-0.25, -0.2) is 13.1 Å². The zero-order valence-corrected chi connectivity index (χ0v) is 13.2. The summed E-state index contributed by atoms with van der Waals surface area (Å²) in [6, 6.07) is 8.69. The molecule has 0 radical (unpaired) electrons. The van der Waals surface area contributed by atoms with Gasteiger partial charge in [0, 0.05) is 17.1 Å². The van der Waals surface area contributed by atoms with Crippen molar-refractivity contribution in [3.05, 3.63) is 51.9 Å². The fourth-order valence-corrected chi connectivity index (χ4v) is 3.39. The number of hydrogen-bond donors (Lipinski definition) is 2. The van der Waals surface area contributed by atoms with E-state index in [1.54, 1.807) is 6.92 Å². The quantitative estimate of drug-likeness (QED) is 0.858. The molecule has 0 unspecified atom stereocenters. The van der Waals surface area contributed by atoms with Crippen molar-refractivity contribution >= 4 is 26.0 Å². The van der Waals surface area contributed by atoms with Gasteiger partial charge in [-0.15, -0.1) is 0 Å². The molecule has 0 saturated heterocycles. The molecule has 0 aliphatic heterocycles. The maximum Gasteiger partial charge on any atom is 0.244 e. The molecule has 0 aliphatic carbocycles. The van der Waals surface area contributed by atoms with Crippen LogP contribution < -0.4 is 4.72 Å². The zero-order valence-electron chi connectivity index (χ0n) is 10.8. The minimum absolute atomic E-state index is 0.0496. The predicted molar refractivity (Wildman–Crippen MR) is 77.5 cm³/mol. The fraction of sp³-hybridized carbons (Fsp3) is 0.231. The molecule has 20 heavy (non-hydrogen) atoms. The first-order valence-corrected chi connectivity index (χ1v) is 8.15. The highest BCUT2D eigenvalue weighted by Crippen LogP contribution is 2.21. The topological polar surface area (TPSA) is 79.5 Å². The molecule has 108 valence electrons. The normalized spacial score (nSPS) is 11.8. The molecule has 1 aromatic carbocycles. The average molecular weight is 360 g/mol. The Kier molecular flexibility index (Phi) is 4.64. The monoisotopic (exact) mass is 359 g/mol. The van der Waals surface area contributed by atoms with Crippen LogP contribution in [0.15, 0.2) is 44.1 Å². The number of rotatable bonds is 5. The van der Waals surface area contributed by atoms with Gasteiger partial charge in [-0.1, -0.05) is 34.1 Å². The molecule has 0 amide bonds. The van der Waals surface area contributed by atoms with Crippen LogP contribution in [0.5, 0.6) is 0 Å². The number of furan rings is 1. The minimum Gasteiger partial charge on any atom is -0.462 e. The van der Waals surface area contributed by atoms with E-state index >= 15 is 0 Å². The number of aryl methyl sites for hydroxylation is 1. The number of hydrogen-bond acceptors (Lipinski definition) is 4. The second kappa shape index (κ2) is 6.09. The largest absolute Gasteiger partial charge is 0.462 e. The molecule has 1 aromatic heterocycles. The van der Waals surface area contributed by atoms with E-state index in [4.69, 9.17) is 9.52 Å². The Morgan fingerprint density at radius 3 is 2.65 bits per heavy atom. The van der Waals surface area contributed by atoms with Gasteiger partial charge >= 0.3 is 0 Å². The Balaban J connectivity index is 2.19. The van der Waals surface area contributed by atoms with E-state index < -0.39 is 10.0 Å². The van der Waals surface area contributed by atoms with Crippen LogP contribution in [0.1, 0.15) is 17.1 Å². The van der Waals surface area contributed by atoms with Gasteiger partial charge in [0.05, 0.1) is 0 Å². The number of aliphatic hydroxyl groups is 1. The molecule has 1 heterocycles. The Morgan fingerprint density at radius 2 is 2.05 bits per heavy atom. The number of sulfonamides is 1. The first-order chi connectivity index (χ1) is 9.44. The van der Waals surface area contributed by atoms with Crippen molar-refractivity contribution in [2.24, 2.45) is 0 Å². The molecular formula is C13H14BrNO4S. The third-order valence-corrected chi connectivity index (χ3v) is 5.06. The number of benzene rings is 1. The van der Waals surface area contributed by atoms with Gasteiger partial charge in [0.1, 0.15) is 23.0 Å². The van der Waals surface area contributed by atoms with Crippen LogP contribution in [0, 0.1) is 6.92 Å². The molecule has 2 N–H and O–H groups in total. The lowest BCUT2D eigenvalue weighted by Crippen LogP contribution is -2.23. The molecule has 0 spiro atoms. The first kappa shape index (κ1) is 15.2. The summed E-state index contributed by atoms with van der Waals surface area (Å²) in [7, 11) is -3.67. The van der Waals surface area contributed by atoms with E-state index in [0.717, 1.165) is 10.0 Å². The fourth-order valence-electron chi connectivity index (χ4n) is 1.76. The van der Waals surface area contributed by atoms with Gasteiger partial charge in [0.2, 0.25) is 10.0 Å². The lowest BCUT2D eigenvalue weighted by atomic mass is 10.2. The molecule has 0 fully saturated rings. The van der Waals surface area contributed by atoms with Crippen LogP contribution in [0.3, 0.4) is 0 Å². The SMILES string of the molecule is Cc1oc(CO)cc1S(=O)(=O)NCc1ccccc1Br. The van der Waals surface area contributed by atoms with Gasteiger partial charge in [-0.05, 0) is 18.6 Å². The zero-order chi connectivity index (χ0) is 14.8. The number of nitrogens with one attached hydrogen (secondary N) is 1. The second-order valence-electron chi connectivity index (χ2n) is 4.21. The Hall–Kier alpha value is -1.15. The van der Waals surface area contributed by atoms with Crippen LogP contribution >= 0.6 is 15.9 Å². The summed E-state index contributed by atoms with van der Waals surface area (Å²) in [6.07, 6.45) is 0. The first-order valence-electron chi connectivity index (χ1n) is 5.87. The number of aliphatic hydroxyl groups excluding tert-OH is 1. The van der Waals surface area contributed by atoms with Gasteiger partial charge in [-0.3, -0.25) is 0 Å². The van der Waals surface area contributed by atoms with E-state index in [-0.39, 0.29) is 29.6 Å². The van der Waals surface area contributed by atoms with Crippen LogP contribution in [0.25, 0.3) is 0 Å². The summed E-state index contributed by atoms with van der Waals surface area (Å²) in [5.74, 6) is 0.484. The highest BCUT2D eigenvalue weighted by Gasteiger charge is 2.21. The molecule has 7 heteroatoms. The summed E-state index contributed by atoms with van der Waals surface area (Å²) in [4.78, 5) is 0.0496. The minimum atomic E-state index is -3.67. The van der Waals surface area contributed by atoms with Crippen LogP contribution in [-0.2, 0) is 23.2 Å².